The van der Waals surface area contributed by atoms with Gasteiger partial charge >= 0.3 is 0 Å². The van der Waals surface area contributed by atoms with Crippen LogP contribution in [0.5, 0.6) is 0 Å². The highest BCUT2D eigenvalue weighted by molar-refractivity contribution is 5.91. The predicted octanol–water partition coefficient (Wildman–Crippen LogP) is 0.589. The summed E-state index contributed by atoms with van der Waals surface area (Å²) in [6.45, 7) is 0.570. The number of carbonyl (C=O) groups excluding carboxylic acids is 1. The van der Waals surface area contributed by atoms with E-state index in [9.17, 15) is 15.0 Å². The zero-order valence-electron chi connectivity index (χ0n) is 10.2. The smallest absolute Gasteiger partial charge is 0.153 e. The third-order valence-corrected chi connectivity index (χ3v) is 3.42. The first-order valence-corrected chi connectivity index (χ1v) is 6.15. The number of aliphatic hydroxyl groups is 2. The maximum atomic E-state index is 11.2. The third-order valence-electron chi connectivity index (χ3n) is 3.42. The number of para-hydroxylation sites is 1. The lowest BCUT2D eigenvalue weighted by Crippen LogP contribution is -2.23. The molecule has 5 heteroatoms. The molecule has 1 aliphatic rings. The second-order valence-corrected chi connectivity index (χ2v) is 4.75. The van der Waals surface area contributed by atoms with E-state index in [2.05, 4.69) is 4.98 Å². The van der Waals surface area contributed by atoms with Crippen LogP contribution < -0.4 is 4.90 Å². The van der Waals surface area contributed by atoms with Crippen molar-refractivity contribution in [2.75, 3.05) is 18.0 Å². The first kappa shape index (κ1) is 12.1. The Balaban J connectivity index is 2.09. The zero-order chi connectivity index (χ0) is 13.4. The van der Waals surface area contributed by atoms with Gasteiger partial charge < -0.3 is 15.1 Å². The van der Waals surface area contributed by atoms with Crippen molar-refractivity contribution in [1.29, 1.82) is 0 Å². The molecule has 0 radical (unpaired) electrons. The molecule has 19 heavy (non-hydrogen) atoms. The second kappa shape index (κ2) is 4.60. The number of anilines is 1. The number of aldehydes is 1. The van der Waals surface area contributed by atoms with Gasteiger partial charge in [0.15, 0.2) is 6.29 Å². The molecule has 3 rings (SSSR count). The van der Waals surface area contributed by atoms with E-state index < -0.39 is 12.2 Å². The number of carbonyl (C=O) groups is 1. The molecule has 2 heterocycles. The fraction of sp³-hybridized carbons (Fsp3) is 0.286. The maximum Gasteiger partial charge on any atom is 0.153 e. The number of hydrogen-bond donors (Lipinski definition) is 2. The normalized spacial score (nSPS) is 22.9. The van der Waals surface area contributed by atoms with E-state index >= 15 is 0 Å². The molecule has 0 saturated carbocycles. The molecular weight excluding hydrogens is 244 g/mol. The minimum absolute atomic E-state index is 0.285. The lowest BCUT2D eigenvalue weighted by Gasteiger charge is -2.18. The molecule has 1 aromatic heterocycles. The van der Waals surface area contributed by atoms with Crippen molar-refractivity contribution in [3.8, 4) is 0 Å². The SMILES string of the molecule is O=Cc1cc2ccccc2nc1N1CC(O)C(O)C1. The molecule has 0 bridgehead atoms. The van der Waals surface area contributed by atoms with Gasteiger partial charge in [0, 0.05) is 18.5 Å². The van der Waals surface area contributed by atoms with Gasteiger partial charge in [-0.15, -0.1) is 0 Å². The molecule has 5 nitrogen and oxygen atoms in total. The van der Waals surface area contributed by atoms with Crippen molar-refractivity contribution in [2.24, 2.45) is 0 Å². The van der Waals surface area contributed by atoms with E-state index in [1.54, 1.807) is 11.0 Å². The number of β-amino-alcohol motifs (C(OH)–C–C–N with tert-alkyl or cyclic N) is 2. The number of pyridine rings is 1. The summed E-state index contributed by atoms with van der Waals surface area (Å²) in [5, 5.41) is 20.1. The maximum absolute atomic E-state index is 11.2. The number of benzene rings is 1. The minimum atomic E-state index is -0.798. The Morgan fingerprint density at radius 2 is 1.89 bits per heavy atom. The van der Waals surface area contributed by atoms with E-state index in [0.29, 0.717) is 11.4 Å². The van der Waals surface area contributed by atoms with Crippen LogP contribution in [0.25, 0.3) is 10.9 Å². The van der Waals surface area contributed by atoms with Crippen molar-refractivity contribution in [2.45, 2.75) is 12.2 Å². The number of aromatic nitrogens is 1. The van der Waals surface area contributed by atoms with E-state index in [-0.39, 0.29) is 13.1 Å². The summed E-state index contributed by atoms with van der Waals surface area (Å²) < 4.78 is 0. The molecule has 0 amide bonds. The van der Waals surface area contributed by atoms with Gasteiger partial charge in [-0.2, -0.15) is 0 Å². The Kier molecular flexibility index (Phi) is 2.93. The number of hydrogen-bond acceptors (Lipinski definition) is 5. The van der Waals surface area contributed by atoms with E-state index in [1.165, 1.54) is 0 Å². The van der Waals surface area contributed by atoms with Gasteiger partial charge in [0.05, 0.1) is 23.3 Å². The number of rotatable bonds is 2. The highest BCUT2D eigenvalue weighted by Gasteiger charge is 2.31. The summed E-state index contributed by atoms with van der Waals surface area (Å²) in [5.74, 6) is 0.518. The first-order valence-electron chi connectivity index (χ1n) is 6.15. The Labute approximate surface area is 110 Å². The Hall–Kier alpha value is -1.98. The second-order valence-electron chi connectivity index (χ2n) is 4.75. The summed E-state index contributed by atoms with van der Waals surface area (Å²) in [7, 11) is 0. The molecule has 1 fully saturated rings. The van der Waals surface area contributed by atoms with E-state index in [4.69, 9.17) is 0 Å². The van der Waals surface area contributed by atoms with Crippen molar-refractivity contribution >= 4 is 23.0 Å². The van der Waals surface area contributed by atoms with Crippen LogP contribution in [0, 0.1) is 0 Å². The topological polar surface area (TPSA) is 73.7 Å². The van der Waals surface area contributed by atoms with Crippen molar-refractivity contribution in [3.63, 3.8) is 0 Å². The fourth-order valence-electron chi connectivity index (χ4n) is 2.40. The van der Waals surface area contributed by atoms with E-state index in [0.717, 1.165) is 17.2 Å². The van der Waals surface area contributed by atoms with Crippen molar-refractivity contribution in [1.82, 2.24) is 4.98 Å². The average molecular weight is 258 g/mol. The monoisotopic (exact) mass is 258 g/mol. The minimum Gasteiger partial charge on any atom is -0.389 e. The van der Waals surface area contributed by atoms with Gasteiger partial charge in [-0.3, -0.25) is 4.79 Å². The Bertz CT molecular complexity index is 619. The lowest BCUT2D eigenvalue weighted by atomic mass is 10.1. The van der Waals surface area contributed by atoms with Crippen molar-refractivity contribution < 1.29 is 15.0 Å². The largest absolute Gasteiger partial charge is 0.389 e. The van der Waals surface area contributed by atoms with Crippen LogP contribution in [-0.2, 0) is 0 Å². The molecule has 2 N–H and O–H groups in total. The molecule has 98 valence electrons. The highest BCUT2D eigenvalue weighted by Crippen LogP contribution is 2.25. The molecule has 1 aliphatic heterocycles. The number of nitrogens with zero attached hydrogens (tertiary/aromatic N) is 2. The lowest BCUT2D eigenvalue weighted by molar-refractivity contribution is 0.0572. The summed E-state index contributed by atoms with van der Waals surface area (Å²) >= 11 is 0. The van der Waals surface area contributed by atoms with Gasteiger partial charge in [-0.05, 0) is 12.1 Å². The van der Waals surface area contributed by atoms with Gasteiger partial charge in [-0.25, -0.2) is 4.98 Å². The molecule has 0 spiro atoms. The van der Waals surface area contributed by atoms with E-state index in [1.807, 2.05) is 24.3 Å². The van der Waals surface area contributed by atoms with Crippen LogP contribution in [0.2, 0.25) is 0 Å². The standard InChI is InChI=1S/C14H14N2O3/c17-8-10-5-9-3-1-2-4-11(9)15-14(10)16-6-12(18)13(19)7-16/h1-5,8,12-13,18-19H,6-7H2. The molecule has 2 unspecified atom stereocenters. The summed E-state index contributed by atoms with van der Waals surface area (Å²) in [6.07, 6.45) is -0.841. The number of fused-ring (bicyclic) bond motifs is 1. The summed E-state index contributed by atoms with van der Waals surface area (Å²) in [4.78, 5) is 17.4. The molecule has 2 aromatic rings. The van der Waals surface area contributed by atoms with Crippen LogP contribution in [-0.4, -0.2) is 46.8 Å². The molecular formula is C14H14N2O3. The van der Waals surface area contributed by atoms with Gasteiger partial charge in [0.2, 0.25) is 0 Å². The zero-order valence-corrected chi connectivity index (χ0v) is 10.2. The van der Waals surface area contributed by atoms with Gasteiger partial charge in [0.1, 0.15) is 5.82 Å². The summed E-state index contributed by atoms with van der Waals surface area (Å²) in [6, 6.07) is 9.32. The van der Waals surface area contributed by atoms with Gasteiger partial charge in [-0.1, -0.05) is 18.2 Å². The molecule has 0 aliphatic carbocycles. The van der Waals surface area contributed by atoms with Crippen LogP contribution in [0.1, 0.15) is 10.4 Å². The molecule has 2 atom stereocenters. The average Bonchev–Trinajstić information content (AvgIpc) is 2.77. The van der Waals surface area contributed by atoms with Gasteiger partial charge in [0.25, 0.3) is 0 Å². The molecule has 1 aromatic carbocycles. The van der Waals surface area contributed by atoms with Crippen molar-refractivity contribution in [3.05, 3.63) is 35.9 Å². The predicted molar refractivity (Wildman–Crippen MR) is 71.4 cm³/mol. The van der Waals surface area contributed by atoms with Crippen LogP contribution in [0.4, 0.5) is 5.82 Å². The third kappa shape index (κ3) is 2.07. The highest BCUT2D eigenvalue weighted by atomic mass is 16.3. The quantitative estimate of drug-likeness (QED) is 0.771. The van der Waals surface area contributed by atoms with Crippen LogP contribution >= 0.6 is 0 Å². The molecule has 1 saturated heterocycles. The Morgan fingerprint density at radius 3 is 2.58 bits per heavy atom. The van der Waals surface area contributed by atoms with Crippen LogP contribution in [0.15, 0.2) is 30.3 Å². The first-order chi connectivity index (χ1) is 9.19. The van der Waals surface area contributed by atoms with Crippen LogP contribution in [0.3, 0.4) is 0 Å². The number of aliphatic hydroxyl groups excluding tert-OH is 2. The Morgan fingerprint density at radius 1 is 1.21 bits per heavy atom. The fourth-order valence-corrected chi connectivity index (χ4v) is 2.40. The summed E-state index contributed by atoms with van der Waals surface area (Å²) in [5.41, 5.74) is 1.26.